The average molecular weight is 608 g/mol. The molecule has 3 aromatic rings. The number of phenols is 1. The fraction of sp³-hybridized carbons (Fsp3) is 0.294. The number of non-ortho nitro benzene ring substituents is 1. The molecule has 2 saturated heterocycles. The number of nitro benzene ring substituents is 1. The number of rotatable bonds is 5. The molecule has 0 aromatic heterocycles. The topological polar surface area (TPSA) is 147 Å². The number of nitrogens with zero attached hydrogens (tertiary/aromatic N) is 3. The number of amides is 4. The lowest BCUT2D eigenvalue weighted by molar-refractivity contribution is -0.384. The molecule has 2 aliphatic heterocycles. The first-order valence-corrected chi connectivity index (χ1v) is 14.7. The molecule has 3 fully saturated rings. The van der Waals surface area contributed by atoms with Crippen molar-refractivity contribution in [1.29, 1.82) is 0 Å². The molecule has 3 aromatic carbocycles. The summed E-state index contributed by atoms with van der Waals surface area (Å²) in [6.45, 7) is 1.75. The number of aromatic hydroxyl groups is 1. The summed E-state index contributed by atoms with van der Waals surface area (Å²) in [5.41, 5.74) is 0.312. The minimum Gasteiger partial charge on any atom is -0.508 e. The van der Waals surface area contributed by atoms with Gasteiger partial charge in [-0.2, -0.15) is 0 Å². The number of carbonyl (C=O) groups excluding carboxylic acids is 4. The van der Waals surface area contributed by atoms with Crippen LogP contribution in [-0.2, 0) is 19.2 Å². The predicted octanol–water partition coefficient (Wildman–Crippen LogP) is 4.74. The van der Waals surface area contributed by atoms with Crippen LogP contribution in [0.4, 0.5) is 17.1 Å². The normalized spacial score (nSPS) is 28.8. The van der Waals surface area contributed by atoms with E-state index in [1.165, 1.54) is 42.3 Å². The Kier molecular flexibility index (Phi) is 6.40. The number of allylic oxidation sites excluding steroid dienone is 2. The number of nitro groups is 1. The van der Waals surface area contributed by atoms with Crippen molar-refractivity contribution < 1.29 is 33.9 Å². The molecular weight excluding hydrogens is 578 g/mol. The number of imide groups is 2. The van der Waals surface area contributed by atoms with Gasteiger partial charge in [0.1, 0.15) is 11.5 Å². The number of methoxy groups -OCH3 is 1. The predicted molar refractivity (Wildman–Crippen MR) is 161 cm³/mol. The number of hydrogen-bond donors (Lipinski definition) is 1. The Balaban J connectivity index is 1.36. The zero-order chi connectivity index (χ0) is 31.8. The maximum atomic E-state index is 14.4. The van der Waals surface area contributed by atoms with E-state index in [1.54, 1.807) is 49.4 Å². The van der Waals surface area contributed by atoms with Crippen molar-refractivity contribution in [3.63, 3.8) is 0 Å². The number of benzene rings is 3. The number of phenolic OH excluding ortho intramolecular Hbond substituents is 1. The molecule has 1 N–H and O–H groups in total. The van der Waals surface area contributed by atoms with E-state index in [2.05, 4.69) is 0 Å². The molecule has 2 heterocycles. The van der Waals surface area contributed by atoms with Crippen molar-refractivity contribution in [2.24, 2.45) is 29.1 Å². The van der Waals surface area contributed by atoms with Crippen LogP contribution in [0.5, 0.6) is 11.5 Å². The second-order valence-corrected chi connectivity index (χ2v) is 12.2. The van der Waals surface area contributed by atoms with Gasteiger partial charge in [0.15, 0.2) is 0 Å². The fourth-order valence-electron chi connectivity index (χ4n) is 8.05. The van der Waals surface area contributed by atoms with Gasteiger partial charge in [0.2, 0.25) is 23.6 Å². The monoisotopic (exact) mass is 607 g/mol. The molecule has 7 rings (SSSR count). The second-order valence-electron chi connectivity index (χ2n) is 12.2. The Morgan fingerprint density at radius 2 is 1.58 bits per heavy atom. The summed E-state index contributed by atoms with van der Waals surface area (Å²) >= 11 is 0. The summed E-state index contributed by atoms with van der Waals surface area (Å²) < 4.78 is 5.47. The van der Waals surface area contributed by atoms with Crippen molar-refractivity contribution in [3.05, 3.63) is 100 Å². The van der Waals surface area contributed by atoms with Crippen LogP contribution in [0.1, 0.15) is 31.2 Å². The van der Waals surface area contributed by atoms with E-state index in [4.69, 9.17) is 4.74 Å². The standard InChI is InChI=1S/C34H29N3O8/c1-34-26(31(40)36(33(34)42)18-6-4-3-5-7-18)17-24-22(29(34)25-16-21(45-2)12-15-27(25)38)13-14-23-28(24)32(41)35(30(23)39)19-8-10-20(11-9-19)37(43)44/h3-13,15-16,23-24,26,28-29,38H,14,17H2,1-2H3/t23-,24+,26-,28-,29+,34+/m0/s1. The minimum absolute atomic E-state index is 0.0795. The van der Waals surface area contributed by atoms with Crippen LogP contribution in [0.3, 0.4) is 0 Å². The molecule has 11 heteroatoms. The first-order chi connectivity index (χ1) is 21.6. The lowest BCUT2D eigenvalue weighted by Gasteiger charge is -2.49. The third-order valence-electron chi connectivity index (χ3n) is 10.2. The van der Waals surface area contributed by atoms with Crippen molar-refractivity contribution in [2.45, 2.75) is 25.7 Å². The number of ether oxygens (including phenoxy) is 1. The van der Waals surface area contributed by atoms with Crippen LogP contribution in [0.2, 0.25) is 0 Å². The van der Waals surface area contributed by atoms with Crippen LogP contribution >= 0.6 is 0 Å². The highest BCUT2D eigenvalue weighted by atomic mass is 16.6. The van der Waals surface area contributed by atoms with Gasteiger partial charge in [-0.1, -0.05) is 29.8 Å². The number of fused-ring (bicyclic) bond motifs is 4. The zero-order valence-corrected chi connectivity index (χ0v) is 24.5. The molecule has 45 heavy (non-hydrogen) atoms. The van der Waals surface area contributed by atoms with Gasteiger partial charge in [-0.3, -0.25) is 34.2 Å². The Labute approximate surface area is 257 Å². The Bertz CT molecular complexity index is 1820. The molecule has 2 aliphatic carbocycles. The molecule has 6 atom stereocenters. The lowest BCUT2D eigenvalue weighted by Crippen LogP contribution is -2.48. The van der Waals surface area contributed by atoms with Gasteiger partial charge in [-0.25, -0.2) is 4.90 Å². The van der Waals surface area contributed by atoms with Crippen molar-refractivity contribution in [3.8, 4) is 11.5 Å². The molecule has 228 valence electrons. The van der Waals surface area contributed by atoms with Gasteiger partial charge in [0, 0.05) is 23.6 Å². The molecule has 1 saturated carbocycles. The molecule has 4 amide bonds. The molecule has 0 radical (unpaired) electrons. The highest BCUT2D eigenvalue weighted by Crippen LogP contribution is 2.64. The van der Waals surface area contributed by atoms with Gasteiger partial charge < -0.3 is 9.84 Å². The third kappa shape index (κ3) is 3.96. The molecule has 11 nitrogen and oxygen atoms in total. The molecular formula is C34H29N3O8. The highest BCUT2D eigenvalue weighted by molar-refractivity contribution is 6.25. The van der Waals surface area contributed by atoms with Crippen LogP contribution in [-0.4, -0.2) is 40.8 Å². The number of anilines is 2. The SMILES string of the molecule is COc1ccc(O)c([C@H]2C3=CC[C@@H]4C(=O)N(c5ccc([N+](=O)[O-])cc5)C(=O)[C@@H]4[C@@H]3C[C@H]3C(=O)N(c4ccccc4)C(=O)[C@@]23C)c1. The minimum atomic E-state index is -1.31. The number of para-hydroxylation sites is 1. The van der Waals surface area contributed by atoms with Crippen molar-refractivity contribution in [2.75, 3.05) is 16.9 Å². The molecule has 0 spiro atoms. The van der Waals surface area contributed by atoms with E-state index in [9.17, 15) is 34.4 Å². The summed E-state index contributed by atoms with van der Waals surface area (Å²) in [6.07, 6.45) is 2.27. The molecule has 0 bridgehead atoms. The maximum absolute atomic E-state index is 14.4. The van der Waals surface area contributed by atoms with Crippen LogP contribution in [0.25, 0.3) is 0 Å². The van der Waals surface area contributed by atoms with Crippen LogP contribution in [0.15, 0.2) is 84.4 Å². The van der Waals surface area contributed by atoms with E-state index in [0.717, 1.165) is 10.5 Å². The van der Waals surface area contributed by atoms with Crippen LogP contribution in [0, 0.1) is 39.2 Å². The summed E-state index contributed by atoms with van der Waals surface area (Å²) in [5.74, 6) is -5.04. The zero-order valence-electron chi connectivity index (χ0n) is 24.5. The van der Waals surface area contributed by atoms with Crippen molar-refractivity contribution >= 4 is 40.7 Å². The molecule has 4 aliphatic rings. The quantitative estimate of drug-likeness (QED) is 0.189. The van der Waals surface area contributed by atoms with E-state index < -0.39 is 63.6 Å². The lowest BCUT2D eigenvalue weighted by atomic mass is 9.51. The fourth-order valence-corrected chi connectivity index (χ4v) is 8.05. The van der Waals surface area contributed by atoms with E-state index in [1.807, 2.05) is 6.08 Å². The molecule has 0 unspecified atom stereocenters. The second kappa shape index (κ2) is 10.1. The summed E-state index contributed by atoms with van der Waals surface area (Å²) in [5, 5.41) is 22.4. The van der Waals surface area contributed by atoms with E-state index >= 15 is 0 Å². The number of hydrogen-bond acceptors (Lipinski definition) is 8. The highest BCUT2D eigenvalue weighted by Gasteiger charge is 2.68. The van der Waals surface area contributed by atoms with E-state index in [-0.39, 0.29) is 30.0 Å². The maximum Gasteiger partial charge on any atom is 0.269 e. The summed E-state index contributed by atoms with van der Waals surface area (Å²) in [6, 6.07) is 18.7. The Hall–Kier alpha value is -5.32. The van der Waals surface area contributed by atoms with Gasteiger partial charge >= 0.3 is 0 Å². The van der Waals surface area contributed by atoms with Gasteiger partial charge in [-0.05, 0) is 68.1 Å². The Morgan fingerprint density at radius 1 is 0.889 bits per heavy atom. The Morgan fingerprint density at radius 3 is 2.24 bits per heavy atom. The van der Waals surface area contributed by atoms with Crippen LogP contribution < -0.4 is 14.5 Å². The van der Waals surface area contributed by atoms with E-state index in [0.29, 0.717) is 17.0 Å². The van der Waals surface area contributed by atoms with Gasteiger partial charge in [0.25, 0.3) is 5.69 Å². The number of carbonyl (C=O) groups is 4. The summed E-state index contributed by atoms with van der Waals surface area (Å²) in [7, 11) is 1.49. The third-order valence-corrected chi connectivity index (χ3v) is 10.2. The van der Waals surface area contributed by atoms with Gasteiger partial charge in [-0.15, -0.1) is 0 Å². The first-order valence-electron chi connectivity index (χ1n) is 14.7. The smallest absolute Gasteiger partial charge is 0.269 e. The average Bonchev–Trinajstić information content (AvgIpc) is 3.41. The first kappa shape index (κ1) is 28.5. The van der Waals surface area contributed by atoms with Gasteiger partial charge in [0.05, 0.1) is 46.6 Å². The summed E-state index contributed by atoms with van der Waals surface area (Å²) in [4.78, 5) is 69.4. The van der Waals surface area contributed by atoms with Crippen molar-refractivity contribution in [1.82, 2.24) is 0 Å². The largest absolute Gasteiger partial charge is 0.508 e.